The summed E-state index contributed by atoms with van der Waals surface area (Å²) in [6, 6.07) is 18.9. The molecule has 1 N–H and O–H groups in total. The molecule has 0 aliphatic heterocycles. The highest BCUT2D eigenvalue weighted by atomic mass is 79.9. The predicted octanol–water partition coefficient (Wildman–Crippen LogP) is 5.84. The van der Waals surface area contributed by atoms with Crippen LogP contribution in [0.5, 0.6) is 11.5 Å². The molecule has 0 radical (unpaired) electrons. The van der Waals surface area contributed by atoms with Gasteiger partial charge >= 0.3 is 5.97 Å². The van der Waals surface area contributed by atoms with Crippen molar-refractivity contribution in [1.29, 1.82) is 0 Å². The summed E-state index contributed by atoms with van der Waals surface area (Å²) in [6.07, 6.45) is 1.31. The van der Waals surface area contributed by atoms with E-state index in [4.69, 9.17) is 9.47 Å². The summed E-state index contributed by atoms with van der Waals surface area (Å²) in [7, 11) is 0. The maximum Gasteiger partial charge on any atom is 0.306 e. The van der Waals surface area contributed by atoms with E-state index < -0.39 is 23.3 Å². The second-order valence-electron chi connectivity index (χ2n) is 8.00. The molecule has 0 bridgehead atoms. The zero-order chi connectivity index (χ0) is 27.1. The van der Waals surface area contributed by atoms with E-state index in [0.717, 1.165) is 9.86 Å². The van der Waals surface area contributed by atoms with Gasteiger partial charge in [-0.15, -0.1) is 0 Å². The Morgan fingerprint density at radius 3 is 2.29 bits per heavy atom. The Kier molecular flexibility index (Phi) is 8.39. The summed E-state index contributed by atoms with van der Waals surface area (Å²) in [4.78, 5) is 51.3. The Labute approximate surface area is 224 Å². The standard InChI is InChI=1S/C27H20BrN3O7/c28-22-11-12-23(27-21(22)2-1-15-29-27)30-25(33)13-14-26(34)37-16-24(32)17-3-7-19(8-4-17)38-20-9-5-18(6-10-20)31(35)36/h1-12,15H,13-14,16H2,(H,30,33). The number of hydrogen-bond donors (Lipinski definition) is 1. The van der Waals surface area contributed by atoms with E-state index in [1.807, 2.05) is 6.07 Å². The van der Waals surface area contributed by atoms with Crippen LogP contribution in [0.25, 0.3) is 10.9 Å². The minimum absolute atomic E-state index is 0.0519. The molecule has 11 heteroatoms. The Bertz CT molecular complexity index is 1510. The molecule has 0 atom stereocenters. The van der Waals surface area contributed by atoms with Crippen molar-refractivity contribution in [1.82, 2.24) is 4.98 Å². The third-order valence-electron chi connectivity index (χ3n) is 5.37. The minimum atomic E-state index is -0.676. The number of amides is 1. The number of hydrogen-bond acceptors (Lipinski definition) is 8. The molecule has 4 rings (SSSR count). The van der Waals surface area contributed by atoms with Crippen LogP contribution in [-0.4, -0.2) is 34.2 Å². The summed E-state index contributed by atoms with van der Waals surface area (Å²) in [5, 5.41) is 14.3. The van der Waals surface area contributed by atoms with Gasteiger partial charge < -0.3 is 14.8 Å². The largest absolute Gasteiger partial charge is 0.457 e. The molecule has 0 unspecified atom stereocenters. The van der Waals surface area contributed by atoms with Gasteiger partial charge in [-0.3, -0.25) is 29.5 Å². The van der Waals surface area contributed by atoms with E-state index in [1.54, 1.807) is 36.5 Å². The van der Waals surface area contributed by atoms with Crippen molar-refractivity contribution >= 4 is 55.9 Å². The first-order valence-electron chi connectivity index (χ1n) is 11.3. The third-order valence-corrected chi connectivity index (χ3v) is 6.06. The molecular formula is C27H20BrN3O7. The third kappa shape index (κ3) is 6.77. The summed E-state index contributed by atoms with van der Waals surface area (Å²) >= 11 is 3.45. The summed E-state index contributed by atoms with van der Waals surface area (Å²) in [5.41, 5.74) is 1.40. The van der Waals surface area contributed by atoms with Crippen LogP contribution in [0.2, 0.25) is 0 Å². The Morgan fingerprint density at radius 1 is 0.921 bits per heavy atom. The molecule has 0 spiro atoms. The van der Waals surface area contributed by atoms with E-state index in [0.29, 0.717) is 28.3 Å². The average Bonchev–Trinajstić information content (AvgIpc) is 2.93. The summed E-state index contributed by atoms with van der Waals surface area (Å²) in [5.74, 6) is -0.655. The summed E-state index contributed by atoms with van der Waals surface area (Å²) in [6.45, 7) is -0.468. The molecule has 10 nitrogen and oxygen atoms in total. The molecule has 0 saturated heterocycles. The minimum Gasteiger partial charge on any atom is -0.457 e. The number of pyridine rings is 1. The number of ether oxygens (including phenoxy) is 2. The number of carbonyl (C=O) groups excluding carboxylic acids is 3. The van der Waals surface area contributed by atoms with Gasteiger partial charge in [-0.2, -0.15) is 0 Å². The molecule has 0 aliphatic carbocycles. The van der Waals surface area contributed by atoms with Gasteiger partial charge in [0.2, 0.25) is 5.91 Å². The number of nitro benzene ring substituents is 1. The van der Waals surface area contributed by atoms with Gasteiger partial charge in [-0.05, 0) is 54.6 Å². The SMILES string of the molecule is O=C(CCC(=O)OCC(=O)c1ccc(Oc2ccc([N+](=O)[O-])cc2)cc1)Nc1ccc(Br)c2cccnc12. The van der Waals surface area contributed by atoms with Crippen LogP contribution < -0.4 is 10.1 Å². The number of nitrogens with zero attached hydrogens (tertiary/aromatic N) is 2. The lowest BCUT2D eigenvalue weighted by Crippen LogP contribution is -2.17. The Hall–Kier alpha value is -4.64. The lowest BCUT2D eigenvalue weighted by molar-refractivity contribution is -0.384. The fraction of sp³-hybridized carbons (Fsp3) is 0.111. The molecule has 4 aromatic rings. The zero-order valence-electron chi connectivity index (χ0n) is 19.8. The number of esters is 1. The lowest BCUT2D eigenvalue weighted by atomic mass is 10.1. The molecule has 1 heterocycles. The number of halogens is 1. The lowest BCUT2D eigenvalue weighted by Gasteiger charge is -2.09. The number of nitrogens with one attached hydrogen (secondary N) is 1. The number of nitro groups is 1. The molecule has 0 aliphatic rings. The molecule has 3 aromatic carbocycles. The number of anilines is 1. The number of benzene rings is 3. The molecule has 1 amide bonds. The maximum atomic E-state index is 12.4. The van der Waals surface area contributed by atoms with Crippen LogP contribution in [-0.2, 0) is 14.3 Å². The first kappa shape index (κ1) is 26.4. The van der Waals surface area contributed by atoms with Crippen molar-refractivity contribution in [3.63, 3.8) is 0 Å². The van der Waals surface area contributed by atoms with E-state index in [2.05, 4.69) is 26.2 Å². The van der Waals surface area contributed by atoms with Crippen molar-refractivity contribution < 1.29 is 28.8 Å². The van der Waals surface area contributed by atoms with Crippen LogP contribution in [0.15, 0.2) is 83.5 Å². The predicted molar refractivity (Wildman–Crippen MR) is 142 cm³/mol. The smallest absolute Gasteiger partial charge is 0.306 e. The van der Waals surface area contributed by atoms with Crippen LogP contribution in [0.3, 0.4) is 0 Å². The van der Waals surface area contributed by atoms with Crippen LogP contribution in [0.1, 0.15) is 23.2 Å². The molecule has 0 fully saturated rings. The van der Waals surface area contributed by atoms with Gasteiger partial charge in [0.05, 0.1) is 22.5 Å². The molecule has 192 valence electrons. The Balaban J connectivity index is 1.23. The fourth-order valence-electron chi connectivity index (χ4n) is 3.45. The quantitative estimate of drug-likeness (QED) is 0.107. The highest BCUT2D eigenvalue weighted by Crippen LogP contribution is 2.28. The number of aromatic nitrogens is 1. The van der Waals surface area contributed by atoms with Gasteiger partial charge in [-0.25, -0.2) is 0 Å². The van der Waals surface area contributed by atoms with E-state index in [-0.39, 0.29) is 24.4 Å². The van der Waals surface area contributed by atoms with Crippen LogP contribution >= 0.6 is 15.9 Å². The molecule has 0 saturated carbocycles. The van der Waals surface area contributed by atoms with E-state index >= 15 is 0 Å². The first-order valence-corrected chi connectivity index (χ1v) is 12.1. The van der Waals surface area contributed by atoms with Crippen molar-refractivity contribution in [3.8, 4) is 11.5 Å². The number of rotatable bonds is 10. The monoisotopic (exact) mass is 577 g/mol. The average molecular weight is 578 g/mol. The highest BCUT2D eigenvalue weighted by Gasteiger charge is 2.14. The van der Waals surface area contributed by atoms with Crippen LogP contribution in [0.4, 0.5) is 11.4 Å². The summed E-state index contributed by atoms with van der Waals surface area (Å²) < 4.78 is 11.5. The first-order chi connectivity index (χ1) is 18.3. The van der Waals surface area contributed by atoms with Gasteiger partial charge in [-0.1, -0.05) is 22.0 Å². The molecule has 38 heavy (non-hydrogen) atoms. The van der Waals surface area contributed by atoms with Crippen LogP contribution in [0, 0.1) is 10.1 Å². The van der Waals surface area contributed by atoms with Crippen molar-refractivity contribution in [3.05, 3.63) is 99.1 Å². The van der Waals surface area contributed by atoms with Gasteiger partial charge in [0.15, 0.2) is 12.4 Å². The second kappa shape index (κ2) is 12.1. The Morgan fingerprint density at radius 2 is 1.61 bits per heavy atom. The number of Topliss-reactive ketones (excluding diaryl/α,β-unsaturated/α-hetero) is 1. The number of non-ortho nitro benzene ring substituents is 1. The van der Waals surface area contributed by atoms with Gasteiger partial charge in [0.25, 0.3) is 5.69 Å². The number of fused-ring (bicyclic) bond motifs is 1. The maximum absolute atomic E-state index is 12.4. The van der Waals surface area contributed by atoms with Crippen molar-refractivity contribution in [2.24, 2.45) is 0 Å². The zero-order valence-corrected chi connectivity index (χ0v) is 21.3. The fourth-order valence-corrected chi connectivity index (χ4v) is 3.90. The normalized spacial score (nSPS) is 10.6. The van der Waals surface area contributed by atoms with Gasteiger partial charge in [0, 0.05) is 40.2 Å². The van der Waals surface area contributed by atoms with E-state index in [1.165, 1.54) is 36.4 Å². The number of carbonyl (C=O) groups is 3. The highest BCUT2D eigenvalue weighted by molar-refractivity contribution is 9.10. The van der Waals surface area contributed by atoms with Gasteiger partial charge in [0.1, 0.15) is 11.5 Å². The van der Waals surface area contributed by atoms with E-state index in [9.17, 15) is 24.5 Å². The second-order valence-corrected chi connectivity index (χ2v) is 8.86. The van der Waals surface area contributed by atoms with Crippen molar-refractivity contribution in [2.45, 2.75) is 12.8 Å². The molecular weight excluding hydrogens is 558 g/mol. The molecule has 1 aromatic heterocycles. The van der Waals surface area contributed by atoms with Crippen molar-refractivity contribution in [2.75, 3.05) is 11.9 Å². The number of ketones is 1. The topological polar surface area (TPSA) is 138 Å².